The van der Waals surface area contributed by atoms with E-state index in [9.17, 15) is 4.79 Å². The van der Waals surface area contributed by atoms with E-state index in [0.29, 0.717) is 12.3 Å². The zero-order valence-electron chi connectivity index (χ0n) is 11.4. The van der Waals surface area contributed by atoms with E-state index in [-0.39, 0.29) is 12.0 Å². The molecule has 0 spiro atoms. The van der Waals surface area contributed by atoms with Gasteiger partial charge in [-0.25, -0.2) is 9.78 Å². The zero-order chi connectivity index (χ0) is 13.8. The number of esters is 1. The Morgan fingerprint density at radius 1 is 1.37 bits per heavy atom. The molecule has 0 saturated heterocycles. The average molecular weight is 258 g/mol. The van der Waals surface area contributed by atoms with Crippen molar-refractivity contribution in [3.63, 3.8) is 0 Å². The first-order valence-corrected chi connectivity index (χ1v) is 6.41. The van der Waals surface area contributed by atoms with Crippen LogP contribution in [0.3, 0.4) is 0 Å². The number of hydrogen-bond donors (Lipinski definition) is 1. The monoisotopic (exact) mass is 258 g/mol. The summed E-state index contributed by atoms with van der Waals surface area (Å²) in [5, 5.41) is 5.05. The van der Waals surface area contributed by atoms with Gasteiger partial charge in [-0.2, -0.15) is 0 Å². The van der Waals surface area contributed by atoms with Crippen LogP contribution in [0.1, 0.15) is 35.9 Å². The molecule has 4 heteroatoms. The number of carbonyl (C=O) groups is 1. The molecule has 0 aliphatic heterocycles. The molecule has 0 amide bonds. The molecule has 1 unspecified atom stereocenters. The fourth-order valence-electron chi connectivity index (χ4n) is 2.08. The Kier molecular flexibility index (Phi) is 4.12. The molecule has 0 fully saturated rings. The molecule has 1 heterocycles. The fraction of sp³-hybridized carbons (Fsp3) is 0.333. The predicted molar refractivity (Wildman–Crippen MR) is 75.2 cm³/mol. The van der Waals surface area contributed by atoms with E-state index >= 15 is 0 Å². The molecular weight excluding hydrogens is 240 g/mol. The molecule has 0 saturated carbocycles. The Hall–Kier alpha value is -1.94. The second-order valence-electron chi connectivity index (χ2n) is 4.34. The highest BCUT2D eigenvalue weighted by Crippen LogP contribution is 2.25. The molecular formula is C15H18N2O2. The second-order valence-corrected chi connectivity index (χ2v) is 4.34. The highest BCUT2D eigenvalue weighted by atomic mass is 16.5. The van der Waals surface area contributed by atoms with Crippen LogP contribution in [-0.2, 0) is 4.74 Å². The van der Waals surface area contributed by atoms with Crippen molar-refractivity contribution in [3.8, 4) is 0 Å². The van der Waals surface area contributed by atoms with E-state index in [1.54, 1.807) is 13.1 Å². The van der Waals surface area contributed by atoms with Gasteiger partial charge in [0.15, 0.2) is 5.69 Å². The first-order valence-electron chi connectivity index (χ1n) is 6.41. The van der Waals surface area contributed by atoms with Crippen molar-refractivity contribution < 1.29 is 9.53 Å². The van der Waals surface area contributed by atoms with Crippen molar-refractivity contribution in [2.24, 2.45) is 0 Å². The molecule has 0 bridgehead atoms. The molecule has 2 rings (SSSR count). The Balaban J connectivity index is 2.61. The molecule has 0 aliphatic rings. The molecule has 1 atom stereocenters. The maximum atomic E-state index is 11.9. The van der Waals surface area contributed by atoms with Crippen molar-refractivity contribution in [3.05, 3.63) is 41.7 Å². The number of carbonyl (C=O) groups excluding carboxylic acids is 1. The maximum Gasteiger partial charge on any atom is 0.357 e. The number of nitrogens with zero attached hydrogens (tertiary/aromatic N) is 1. The molecule has 19 heavy (non-hydrogen) atoms. The van der Waals surface area contributed by atoms with Crippen molar-refractivity contribution in [1.82, 2.24) is 10.3 Å². The fourth-order valence-corrected chi connectivity index (χ4v) is 2.08. The lowest BCUT2D eigenvalue weighted by Gasteiger charge is -2.14. The van der Waals surface area contributed by atoms with Crippen molar-refractivity contribution in [2.75, 3.05) is 13.7 Å². The first kappa shape index (κ1) is 13.5. The van der Waals surface area contributed by atoms with Gasteiger partial charge >= 0.3 is 5.97 Å². The highest BCUT2D eigenvalue weighted by molar-refractivity contribution is 6.03. The summed E-state index contributed by atoms with van der Waals surface area (Å²) in [5.74, 6) is -0.373. The summed E-state index contributed by atoms with van der Waals surface area (Å²) >= 11 is 0. The van der Waals surface area contributed by atoms with Gasteiger partial charge in [0, 0.05) is 17.6 Å². The highest BCUT2D eigenvalue weighted by Gasteiger charge is 2.16. The topological polar surface area (TPSA) is 51.2 Å². The molecule has 100 valence electrons. The van der Waals surface area contributed by atoms with Gasteiger partial charge < -0.3 is 10.1 Å². The number of benzene rings is 1. The first-order chi connectivity index (χ1) is 9.19. The standard InChI is InChI=1S/C15H18N2O2/c1-4-19-15(18)14-12-8-6-5-7-11(12)13(9-17-14)10(2)16-3/h5-10,16H,4H2,1-3H3. The largest absolute Gasteiger partial charge is 0.461 e. The summed E-state index contributed by atoms with van der Waals surface area (Å²) < 4.78 is 5.05. The molecule has 0 radical (unpaired) electrons. The molecule has 1 aromatic carbocycles. The van der Waals surface area contributed by atoms with E-state index in [0.717, 1.165) is 16.3 Å². The zero-order valence-corrected chi connectivity index (χ0v) is 11.4. The third-order valence-corrected chi connectivity index (χ3v) is 3.19. The number of rotatable bonds is 4. The summed E-state index contributed by atoms with van der Waals surface area (Å²) in [5.41, 5.74) is 1.45. The van der Waals surface area contributed by atoms with Crippen molar-refractivity contribution >= 4 is 16.7 Å². The van der Waals surface area contributed by atoms with Crippen LogP contribution in [0, 0.1) is 0 Å². The lowest BCUT2D eigenvalue weighted by Crippen LogP contribution is -2.15. The van der Waals surface area contributed by atoms with Crippen LogP contribution >= 0.6 is 0 Å². The molecule has 4 nitrogen and oxygen atoms in total. The third-order valence-electron chi connectivity index (χ3n) is 3.19. The van der Waals surface area contributed by atoms with Gasteiger partial charge in [-0.05, 0) is 31.8 Å². The molecule has 1 N–H and O–H groups in total. The van der Waals surface area contributed by atoms with Crippen LogP contribution in [0.25, 0.3) is 10.8 Å². The SMILES string of the molecule is CCOC(=O)c1ncc(C(C)NC)c2ccccc12. The van der Waals surface area contributed by atoms with E-state index in [2.05, 4.69) is 17.2 Å². The van der Waals surface area contributed by atoms with Gasteiger partial charge in [-0.1, -0.05) is 24.3 Å². The van der Waals surface area contributed by atoms with Gasteiger partial charge in [-0.3, -0.25) is 0 Å². The van der Waals surface area contributed by atoms with E-state index in [1.807, 2.05) is 31.3 Å². The number of fused-ring (bicyclic) bond motifs is 1. The number of hydrogen-bond acceptors (Lipinski definition) is 4. The van der Waals surface area contributed by atoms with Crippen LogP contribution in [-0.4, -0.2) is 24.6 Å². The molecule has 2 aromatic rings. The number of pyridine rings is 1. The normalized spacial score (nSPS) is 12.4. The average Bonchev–Trinajstić information content (AvgIpc) is 2.45. The van der Waals surface area contributed by atoms with Crippen molar-refractivity contribution in [1.29, 1.82) is 0 Å². The minimum atomic E-state index is -0.373. The quantitative estimate of drug-likeness (QED) is 0.857. The molecule has 0 aliphatic carbocycles. The van der Waals surface area contributed by atoms with Gasteiger partial charge in [0.1, 0.15) is 0 Å². The predicted octanol–water partition coefficient (Wildman–Crippen LogP) is 2.69. The third kappa shape index (κ3) is 2.58. The Labute approximate surface area is 112 Å². The van der Waals surface area contributed by atoms with Crippen LogP contribution in [0.15, 0.2) is 30.5 Å². The van der Waals surface area contributed by atoms with Gasteiger partial charge in [0.2, 0.25) is 0 Å². The molecule has 1 aromatic heterocycles. The van der Waals surface area contributed by atoms with Crippen LogP contribution in [0.2, 0.25) is 0 Å². The summed E-state index contributed by atoms with van der Waals surface area (Å²) in [6.07, 6.45) is 1.75. The second kappa shape index (κ2) is 5.80. The summed E-state index contributed by atoms with van der Waals surface area (Å²) in [7, 11) is 1.90. The van der Waals surface area contributed by atoms with Gasteiger partial charge in [0.05, 0.1) is 6.61 Å². The van der Waals surface area contributed by atoms with Crippen LogP contribution < -0.4 is 5.32 Å². The lowest BCUT2D eigenvalue weighted by atomic mass is 10.0. The minimum Gasteiger partial charge on any atom is -0.461 e. The smallest absolute Gasteiger partial charge is 0.357 e. The van der Waals surface area contributed by atoms with E-state index in [4.69, 9.17) is 4.74 Å². The summed E-state index contributed by atoms with van der Waals surface area (Å²) in [4.78, 5) is 16.2. The van der Waals surface area contributed by atoms with Crippen LogP contribution in [0.4, 0.5) is 0 Å². The Bertz CT molecular complexity index is 596. The van der Waals surface area contributed by atoms with Gasteiger partial charge in [-0.15, -0.1) is 0 Å². The van der Waals surface area contributed by atoms with E-state index in [1.165, 1.54) is 0 Å². The maximum absolute atomic E-state index is 11.9. The minimum absolute atomic E-state index is 0.175. The van der Waals surface area contributed by atoms with Crippen LogP contribution in [0.5, 0.6) is 0 Å². The summed E-state index contributed by atoms with van der Waals surface area (Å²) in [6, 6.07) is 7.95. The number of ether oxygens (including phenoxy) is 1. The number of nitrogens with one attached hydrogen (secondary N) is 1. The Morgan fingerprint density at radius 2 is 2.05 bits per heavy atom. The van der Waals surface area contributed by atoms with Crippen molar-refractivity contribution in [2.45, 2.75) is 19.9 Å². The van der Waals surface area contributed by atoms with E-state index < -0.39 is 0 Å². The van der Waals surface area contributed by atoms with Gasteiger partial charge in [0.25, 0.3) is 0 Å². The summed E-state index contributed by atoms with van der Waals surface area (Å²) in [6.45, 7) is 4.20. The lowest BCUT2D eigenvalue weighted by molar-refractivity contribution is 0.0522. The number of aromatic nitrogens is 1. The Morgan fingerprint density at radius 3 is 2.68 bits per heavy atom.